The van der Waals surface area contributed by atoms with Gasteiger partial charge in [0.15, 0.2) is 0 Å². The number of hydrogen-bond acceptors (Lipinski definition) is 7. The average Bonchev–Trinajstić information content (AvgIpc) is 2.89. The SMILES string of the molecule is OC[C@H]1O[C@@H](Oc2ccccc2Cc2ccc(CCOCc3ccccc3)cc2)[C@H](O)[C@@H](O)[C@@H]1O. The van der Waals surface area contributed by atoms with E-state index in [4.69, 9.17) is 14.2 Å². The minimum atomic E-state index is -1.48. The van der Waals surface area contributed by atoms with Gasteiger partial charge in [-0.2, -0.15) is 0 Å². The van der Waals surface area contributed by atoms with E-state index in [0.29, 0.717) is 25.4 Å². The Balaban J connectivity index is 1.33. The molecule has 186 valence electrons. The van der Waals surface area contributed by atoms with E-state index in [9.17, 15) is 20.4 Å². The van der Waals surface area contributed by atoms with Crippen molar-refractivity contribution < 1.29 is 34.6 Å². The van der Waals surface area contributed by atoms with Crippen molar-refractivity contribution in [3.8, 4) is 5.75 Å². The molecule has 0 bridgehead atoms. The molecule has 1 aliphatic heterocycles. The third-order valence-corrected chi connectivity index (χ3v) is 6.13. The van der Waals surface area contributed by atoms with Gasteiger partial charge < -0.3 is 34.6 Å². The first-order valence-corrected chi connectivity index (χ1v) is 11.8. The Morgan fingerprint density at radius 1 is 0.714 bits per heavy atom. The summed E-state index contributed by atoms with van der Waals surface area (Å²) in [4.78, 5) is 0. The van der Waals surface area contributed by atoms with Crippen LogP contribution in [-0.4, -0.2) is 64.3 Å². The van der Waals surface area contributed by atoms with Gasteiger partial charge in [0.2, 0.25) is 6.29 Å². The molecule has 7 nitrogen and oxygen atoms in total. The third-order valence-electron chi connectivity index (χ3n) is 6.13. The van der Waals surface area contributed by atoms with Crippen LogP contribution in [-0.2, 0) is 28.9 Å². The first kappa shape index (κ1) is 25.3. The van der Waals surface area contributed by atoms with Gasteiger partial charge in [-0.15, -0.1) is 0 Å². The third kappa shape index (κ3) is 6.67. The molecular weight excluding hydrogens is 448 g/mol. The van der Waals surface area contributed by atoms with Crippen LogP contribution in [0.1, 0.15) is 22.3 Å². The lowest BCUT2D eigenvalue weighted by molar-refractivity contribution is -0.277. The van der Waals surface area contributed by atoms with Gasteiger partial charge >= 0.3 is 0 Å². The van der Waals surface area contributed by atoms with Crippen LogP contribution < -0.4 is 4.74 Å². The van der Waals surface area contributed by atoms with Crippen LogP contribution >= 0.6 is 0 Å². The van der Waals surface area contributed by atoms with Crippen molar-refractivity contribution in [3.05, 3.63) is 101 Å². The van der Waals surface area contributed by atoms with Crippen LogP contribution in [0, 0.1) is 0 Å². The van der Waals surface area contributed by atoms with Crippen LogP contribution in [0.2, 0.25) is 0 Å². The summed E-state index contributed by atoms with van der Waals surface area (Å²) in [5.74, 6) is 0.496. The van der Waals surface area contributed by atoms with Crippen molar-refractivity contribution in [1.82, 2.24) is 0 Å². The molecule has 1 fully saturated rings. The van der Waals surface area contributed by atoms with Gasteiger partial charge in [0.1, 0.15) is 30.2 Å². The summed E-state index contributed by atoms with van der Waals surface area (Å²) in [7, 11) is 0. The number of para-hydroxylation sites is 1. The normalized spacial score (nSPS) is 24.3. The fourth-order valence-corrected chi connectivity index (χ4v) is 4.05. The highest BCUT2D eigenvalue weighted by Crippen LogP contribution is 2.28. The van der Waals surface area contributed by atoms with Gasteiger partial charge in [-0.1, -0.05) is 72.8 Å². The van der Waals surface area contributed by atoms with Crippen LogP contribution in [0.4, 0.5) is 0 Å². The summed E-state index contributed by atoms with van der Waals surface area (Å²) in [6, 6.07) is 25.8. The smallest absolute Gasteiger partial charge is 0.229 e. The van der Waals surface area contributed by atoms with E-state index >= 15 is 0 Å². The zero-order chi connectivity index (χ0) is 24.6. The molecule has 35 heavy (non-hydrogen) atoms. The first-order chi connectivity index (χ1) is 17.0. The van der Waals surface area contributed by atoms with Gasteiger partial charge in [0.05, 0.1) is 19.8 Å². The van der Waals surface area contributed by atoms with Crippen LogP contribution in [0.3, 0.4) is 0 Å². The zero-order valence-electron chi connectivity index (χ0n) is 19.4. The van der Waals surface area contributed by atoms with Gasteiger partial charge in [-0.25, -0.2) is 0 Å². The van der Waals surface area contributed by atoms with Gasteiger partial charge in [0.25, 0.3) is 0 Å². The van der Waals surface area contributed by atoms with Crippen molar-refractivity contribution >= 4 is 0 Å². The highest BCUT2D eigenvalue weighted by atomic mass is 16.7. The lowest BCUT2D eigenvalue weighted by Gasteiger charge is -2.39. The Kier molecular flexibility index (Phi) is 8.87. The van der Waals surface area contributed by atoms with Gasteiger partial charge in [0, 0.05) is 6.42 Å². The minimum absolute atomic E-state index is 0.496. The summed E-state index contributed by atoms with van der Waals surface area (Å²) in [5, 5.41) is 39.7. The lowest BCUT2D eigenvalue weighted by Crippen LogP contribution is -2.60. The molecule has 0 saturated carbocycles. The molecule has 5 atom stereocenters. The maximum Gasteiger partial charge on any atom is 0.229 e. The number of ether oxygens (including phenoxy) is 3. The number of rotatable bonds is 10. The number of hydrogen-bond donors (Lipinski definition) is 4. The molecule has 0 aromatic heterocycles. The number of aliphatic hydroxyl groups is 4. The Morgan fingerprint density at radius 2 is 1.40 bits per heavy atom. The largest absolute Gasteiger partial charge is 0.462 e. The van der Waals surface area contributed by atoms with E-state index in [1.807, 2.05) is 42.5 Å². The summed E-state index contributed by atoms with van der Waals surface area (Å²) < 4.78 is 17.1. The van der Waals surface area contributed by atoms with Gasteiger partial charge in [-0.05, 0) is 34.7 Å². The van der Waals surface area contributed by atoms with E-state index in [0.717, 1.165) is 23.1 Å². The fraction of sp³-hybridized carbons (Fsp3) is 0.357. The fourth-order valence-electron chi connectivity index (χ4n) is 4.05. The van der Waals surface area contributed by atoms with Crippen molar-refractivity contribution in [3.63, 3.8) is 0 Å². The maximum absolute atomic E-state index is 10.3. The molecule has 0 unspecified atom stereocenters. The molecule has 1 aliphatic rings. The van der Waals surface area contributed by atoms with Gasteiger partial charge in [-0.3, -0.25) is 0 Å². The summed E-state index contributed by atoms with van der Waals surface area (Å²) in [6.45, 7) is 0.740. The van der Waals surface area contributed by atoms with Crippen molar-refractivity contribution in [2.75, 3.05) is 13.2 Å². The van der Waals surface area contributed by atoms with E-state index < -0.39 is 37.3 Å². The summed E-state index contributed by atoms with van der Waals surface area (Å²) >= 11 is 0. The molecule has 1 heterocycles. The quantitative estimate of drug-likeness (QED) is 0.330. The molecule has 1 saturated heterocycles. The molecule has 7 heteroatoms. The summed E-state index contributed by atoms with van der Waals surface area (Å²) in [5.41, 5.74) is 4.31. The molecule has 3 aromatic carbocycles. The molecule has 0 radical (unpaired) electrons. The molecular formula is C28H32O7. The van der Waals surface area contributed by atoms with Crippen molar-refractivity contribution in [1.29, 1.82) is 0 Å². The Morgan fingerprint density at radius 3 is 2.14 bits per heavy atom. The van der Waals surface area contributed by atoms with Crippen molar-refractivity contribution in [2.45, 2.75) is 50.2 Å². The minimum Gasteiger partial charge on any atom is -0.462 e. The molecule has 4 N–H and O–H groups in total. The van der Waals surface area contributed by atoms with E-state index in [2.05, 4.69) is 24.3 Å². The van der Waals surface area contributed by atoms with E-state index in [1.165, 1.54) is 5.56 Å². The lowest BCUT2D eigenvalue weighted by atomic mass is 9.99. The highest BCUT2D eigenvalue weighted by molar-refractivity contribution is 5.38. The standard InChI is InChI=1S/C28H32O7/c29-17-24-25(30)26(31)27(32)28(35-24)34-23-9-5-4-8-22(23)16-20-12-10-19(11-13-20)14-15-33-18-21-6-2-1-3-7-21/h1-13,24-32H,14-18H2/t24-,25-,26+,27-,28-/m1/s1. The molecule has 4 rings (SSSR count). The number of benzene rings is 3. The predicted octanol–water partition coefficient (Wildman–Crippen LogP) is 2.22. The molecule has 0 spiro atoms. The average molecular weight is 481 g/mol. The first-order valence-electron chi connectivity index (χ1n) is 11.8. The predicted molar refractivity (Wildman–Crippen MR) is 130 cm³/mol. The second-order valence-electron chi connectivity index (χ2n) is 8.70. The Hall–Kier alpha value is -2.78. The Labute approximate surface area is 205 Å². The molecule has 0 amide bonds. The Bertz CT molecular complexity index is 1040. The molecule has 0 aliphatic carbocycles. The van der Waals surface area contributed by atoms with Crippen LogP contribution in [0.25, 0.3) is 0 Å². The number of aliphatic hydroxyl groups excluding tert-OH is 4. The second kappa shape index (κ2) is 12.3. The maximum atomic E-state index is 10.3. The highest BCUT2D eigenvalue weighted by Gasteiger charge is 2.44. The second-order valence-corrected chi connectivity index (χ2v) is 8.70. The topological polar surface area (TPSA) is 109 Å². The van der Waals surface area contributed by atoms with Crippen LogP contribution in [0.15, 0.2) is 78.9 Å². The van der Waals surface area contributed by atoms with Crippen molar-refractivity contribution in [2.24, 2.45) is 0 Å². The summed E-state index contributed by atoms with van der Waals surface area (Å²) in [6.07, 6.45) is -5.18. The molecule has 3 aromatic rings. The van der Waals surface area contributed by atoms with Crippen LogP contribution in [0.5, 0.6) is 5.75 Å². The van der Waals surface area contributed by atoms with E-state index in [1.54, 1.807) is 12.1 Å². The zero-order valence-corrected chi connectivity index (χ0v) is 19.4. The van der Waals surface area contributed by atoms with E-state index in [-0.39, 0.29) is 0 Å². The monoisotopic (exact) mass is 480 g/mol.